The molecule has 0 heterocycles. The predicted molar refractivity (Wildman–Crippen MR) is 90.3 cm³/mol. The van der Waals surface area contributed by atoms with Crippen LogP contribution in [-0.2, 0) is 10.0 Å². The molecule has 2 atom stereocenters. The van der Waals surface area contributed by atoms with Crippen molar-refractivity contribution in [1.29, 1.82) is 0 Å². The highest BCUT2D eigenvalue weighted by Gasteiger charge is 2.27. The number of rotatable bonds is 4. The molecule has 0 aliphatic heterocycles. The van der Waals surface area contributed by atoms with Crippen molar-refractivity contribution in [2.75, 3.05) is 0 Å². The zero-order chi connectivity index (χ0) is 16.3. The van der Waals surface area contributed by atoms with E-state index in [1.807, 2.05) is 6.92 Å². The van der Waals surface area contributed by atoms with Gasteiger partial charge in [-0.05, 0) is 50.2 Å². The summed E-state index contributed by atoms with van der Waals surface area (Å²) in [6, 6.07) is 6.81. The molecule has 0 radical (unpaired) electrons. The number of benzene rings is 1. The fourth-order valence-electron chi connectivity index (χ4n) is 2.98. The highest BCUT2D eigenvalue weighted by Crippen LogP contribution is 2.31. The van der Waals surface area contributed by atoms with Gasteiger partial charge in [0, 0.05) is 11.6 Å². The molecule has 1 saturated carbocycles. The molecule has 0 aromatic heterocycles. The second kappa shape index (κ2) is 6.82. The summed E-state index contributed by atoms with van der Waals surface area (Å²) in [6.45, 7) is 8.47. The number of nitrogens with one attached hydrogen (secondary N) is 1. The Morgan fingerprint density at radius 2 is 1.82 bits per heavy atom. The first-order valence-corrected chi connectivity index (χ1v) is 9.43. The summed E-state index contributed by atoms with van der Waals surface area (Å²) in [6.07, 6.45) is 3.15. The third kappa shape index (κ3) is 4.09. The SMILES string of the molecule is Cc1ccc(S(=O)(=O)N/N=C2\CC(C)CCC2C(C)C)cc1. The molecule has 122 valence electrons. The minimum atomic E-state index is -3.58. The van der Waals surface area contributed by atoms with E-state index in [1.165, 1.54) is 6.42 Å². The summed E-state index contributed by atoms with van der Waals surface area (Å²) in [7, 11) is -3.58. The van der Waals surface area contributed by atoms with Crippen LogP contribution in [0.15, 0.2) is 34.3 Å². The molecule has 0 saturated heterocycles. The molecule has 1 fully saturated rings. The first kappa shape index (κ1) is 17.0. The maximum atomic E-state index is 12.3. The summed E-state index contributed by atoms with van der Waals surface area (Å²) < 4.78 is 24.7. The lowest BCUT2D eigenvalue weighted by atomic mass is 9.76. The van der Waals surface area contributed by atoms with Gasteiger partial charge in [-0.1, -0.05) is 38.5 Å². The molecule has 2 rings (SSSR count). The Hall–Kier alpha value is -1.36. The second-order valence-electron chi connectivity index (χ2n) is 6.75. The van der Waals surface area contributed by atoms with E-state index in [0.717, 1.165) is 24.1 Å². The minimum Gasteiger partial charge on any atom is -0.200 e. The average Bonchev–Trinajstić information content (AvgIpc) is 2.45. The monoisotopic (exact) mass is 322 g/mol. The van der Waals surface area contributed by atoms with Crippen LogP contribution < -0.4 is 4.83 Å². The van der Waals surface area contributed by atoms with E-state index in [9.17, 15) is 8.42 Å². The van der Waals surface area contributed by atoms with Crippen LogP contribution in [0, 0.1) is 24.7 Å². The van der Waals surface area contributed by atoms with Gasteiger partial charge in [0.15, 0.2) is 0 Å². The van der Waals surface area contributed by atoms with E-state index >= 15 is 0 Å². The van der Waals surface area contributed by atoms with Crippen molar-refractivity contribution in [2.24, 2.45) is 22.9 Å². The van der Waals surface area contributed by atoms with Crippen LogP contribution in [0.25, 0.3) is 0 Å². The molecule has 4 nitrogen and oxygen atoms in total. The third-order valence-corrected chi connectivity index (χ3v) is 5.63. The van der Waals surface area contributed by atoms with Crippen molar-refractivity contribution in [2.45, 2.75) is 51.9 Å². The average molecular weight is 322 g/mol. The van der Waals surface area contributed by atoms with Crippen LogP contribution in [-0.4, -0.2) is 14.1 Å². The topological polar surface area (TPSA) is 58.5 Å². The van der Waals surface area contributed by atoms with Gasteiger partial charge in [0.1, 0.15) is 0 Å². The minimum absolute atomic E-state index is 0.257. The second-order valence-corrected chi connectivity index (χ2v) is 8.41. The van der Waals surface area contributed by atoms with Crippen LogP contribution in [0.3, 0.4) is 0 Å². The molecule has 1 aliphatic rings. The number of nitrogens with zero attached hydrogens (tertiary/aromatic N) is 1. The summed E-state index contributed by atoms with van der Waals surface area (Å²) in [5.41, 5.74) is 2.02. The van der Waals surface area contributed by atoms with Gasteiger partial charge in [-0.3, -0.25) is 0 Å². The van der Waals surface area contributed by atoms with Gasteiger partial charge in [-0.2, -0.15) is 13.5 Å². The molecule has 0 bridgehead atoms. The maximum absolute atomic E-state index is 12.3. The van der Waals surface area contributed by atoms with E-state index in [1.54, 1.807) is 24.3 Å². The highest BCUT2D eigenvalue weighted by molar-refractivity contribution is 7.89. The quantitative estimate of drug-likeness (QED) is 0.859. The molecule has 0 spiro atoms. The molecule has 1 N–H and O–H groups in total. The first-order chi connectivity index (χ1) is 10.3. The highest BCUT2D eigenvalue weighted by atomic mass is 32.2. The van der Waals surface area contributed by atoms with E-state index in [2.05, 4.69) is 30.7 Å². The zero-order valence-electron chi connectivity index (χ0n) is 13.8. The lowest BCUT2D eigenvalue weighted by Crippen LogP contribution is -2.31. The fourth-order valence-corrected chi connectivity index (χ4v) is 3.81. The predicted octanol–water partition coefficient (Wildman–Crippen LogP) is 3.72. The molecular formula is C17H26N2O2S. The van der Waals surface area contributed by atoms with Gasteiger partial charge < -0.3 is 0 Å². The Bertz CT molecular complexity index is 633. The Kier molecular flexibility index (Phi) is 5.27. The molecule has 1 aliphatic carbocycles. The lowest BCUT2D eigenvalue weighted by Gasteiger charge is -2.30. The summed E-state index contributed by atoms with van der Waals surface area (Å²) >= 11 is 0. The largest absolute Gasteiger partial charge is 0.276 e. The Labute approximate surface area is 134 Å². The van der Waals surface area contributed by atoms with Gasteiger partial charge in [-0.15, -0.1) is 0 Å². The van der Waals surface area contributed by atoms with E-state index < -0.39 is 10.0 Å². The van der Waals surface area contributed by atoms with E-state index in [0.29, 0.717) is 17.8 Å². The standard InChI is InChI=1S/C17H26N2O2S/c1-12(2)16-10-7-14(4)11-17(16)18-19-22(20,21)15-8-5-13(3)6-9-15/h5-6,8-9,12,14,16,19H,7,10-11H2,1-4H3/b18-17+. The fraction of sp³-hybridized carbons (Fsp3) is 0.588. The van der Waals surface area contributed by atoms with Crippen LogP contribution >= 0.6 is 0 Å². The summed E-state index contributed by atoms with van der Waals surface area (Å²) in [4.78, 5) is 2.69. The van der Waals surface area contributed by atoms with Crippen LogP contribution in [0.5, 0.6) is 0 Å². The Morgan fingerprint density at radius 3 is 2.41 bits per heavy atom. The summed E-state index contributed by atoms with van der Waals surface area (Å²) in [5, 5.41) is 4.29. The van der Waals surface area contributed by atoms with Crippen LogP contribution in [0.4, 0.5) is 0 Å². The van der Waals surface area contributed by atoms with Gasteiger partial charge in [0.25, 0.3) is 10.0 Å². The normalized spacial score (nSPS) is 24.7. The van der Waals surface area contributed by atoms with E-state index in [-0.39, 0.29) is 4.90 Å². The van der Waals surface area contributed by atoms with Crippen molar-refractivity contribution < 1.29 is 8.42 Å². The molecule has 5 heteroatoms. The Balaban J connectivity index is 2.19. The molecule has 1 aromatic rings. The number of hydrazone groups is 1. The zero-order valence-corrected chi connectivity index (χ0v) is 14.7. The Morgan fingerprint density at radius 1 is 1.18 bits per heavy atom. The van der Waals surface area contributed by atoms with Crippen molar-refractivity contribution in [3.63, 3.8) is 0 Å². The van der Waals surface area contributed by atoms with Gasteiger partial charge >= 0.3 is 0 Å². The van der Waals surface area contributed by atoms with Gasteiger partial charge in [0.05, 0.1) is 4.90 Å². The number of sulfonamides is 1. The maximum Gasteiger partial charge on any atom is 0.276 e. The van der Waals surface area contributed by atoms with Crippen LogP contribution in [0.2, 0.25) is 0 Å². The van der Waals surface area contributed by atoms with Gasteiger partial charge in [-0.25, -0.2) is 4.83 Å². The van der Waals surface area contributed by atoms with Crippen molar-refractivity contribution in [3.8, 4) is 0 Å². The van der Waals surface area contributed by atoms with Crippen molar-refractivity contribution >= 4 is 15.7 Å². The first-order valence-electron chi connectivity index (χ1n) is 7.94. The molecule has 22 heavy (non-hydrogen) atoms. The smallest absolute Gasteiger partial charge is 0.200 e. The third-order valence-electron chi connectivity index (χ3n) is 4.40. The van der Waals surface area contributed by atoms with Crippen LogP contribution in [0.1, 0.15) is 45.6 Å². The van der Waals surface area contributed by atoms with Crippen molar-refractivity contribution in [1.82, 2.24) is 4.83 Å². The van der Waals surface area contributed by atoms with Gasteiger partial charge in [0.2, 0.25) is 0 Å². The molecular weight excluding hydrogens is 296 g/mol. The number of aryl methyl sites for hydroxylation is 1. The summed E-state index contributed by atoms with van der Waals surface area (Å²) in [5.74, 6) is 1.42. The number of hydrogen-bond donors (Lipinski definition) is 1. The lowest BCUT2D eigenvalue weighted by molar-refractivity contribution is 0.363. The molecule has 2 unspecified atom stereocenters. The molecule has 0 amide bonds. The molecule has 1 aromatic carbocycles. The van der Waals surface area contributed by atoms with Crippen molar-refractivity contribution in [3.05, 3.63) is 29.8 Å². The number of hydrogen-bond acceptors (Lipinski definition) is 3. The van der Waals surface area contributed by atoms with E-state index in [4.69, 9.17) is 0 Å².